The Labute approximate surface area is 64.1 Å². The van der Waals surface area contributed by atoms with E-state index in [-0.39, 0.29) is 0 Å². The lowest BCUT2D eigenvalue weighted by molar-refractivity contribution is 0.565. The van der Waals surface area contributed by atoms with E-state index in [1.807, 2.05) is 18.2 Å². The summed E-state index contributed by atoms with van der Waals surface area (Å²) < 4.78 is 0. The normalized spacial score (nSPS) is 9.45. The molecule has 0 unspecified atom stereocenters. The molecule has 54 valence electrons. The van der Waals surface area contributed by atoms with Crippen LogP contribution in [0.2, 0.25) is 0 Å². The topological polar surface area (TPSA) is 42.3 Å². The van der Waals surface area contributed by atoms with Crippen molar-refractivity contribution < 1.29 is 4.79 Å². The predicted octanol–water partition coefficient (Wildman–Crippen LogP) is 1.39. The molecule has 0 N–H and O–H groups in total. The largest absolute Gasteiger partial charge is 0.257 e. The smallest absolute Gasteiger partial charge is 0.239 e. The first kappa shape index (κ1) is 7.38. The number of aromatic nitrogens is 1. The predicted molar refractivity (Wildman–Crippen MR) is 41.4 cm³/mol. The van der Waals surface area contributed by atoms with Crippen LogP contribution in [0.15, 0.2) is 35.6 Å². The fourth-order valence-corrected chi connectivity index (χ4v) is 0.619. The molecule has 0 amide bonds. The highest BCUT2D eigenvalue weighted by Gasteiger charge is 1.80. The molecule has 0 radical (unpaired) electrons. The summed E-state index contributed by atoms with van der Waals surface area (Å²) in [4.78, 5) is 16.8. The minimum absolute atomic E-state index is 0.770. The monoisotopic (exact) mass is 146 g/mol. The number of hydrogen-bond donors (Lipinski definition) is 0. The average molecular weight is 146 g/mol. The lowest BCUT2D eigenvalue weighted by Gasteiger charge is -1.85. The molecule has 11 heavy (non-hydrogen) atoms. The van der Waals surface area contributed by atoms with E-state index in [0.29, 0.717) is 0 Å². The van der Waals surface area contributed by atoms with Crippen molar-refractivity contribution in [3.8, 4) is 0 Å². The van der Waals surface area contributed by atoms with Gasteiger partial charge >= 0.3 is 0 Å². The summed E-state index contributed by atoms with van der Waals surface area (Å²) in [5.41, 5.74) is 0.770. The van der Waals surface area contributed by atoms with Gasteiger partial charge in [-0.25, -0.2) is 4.79 Å². The number of hydrogen-bond acceptors (Lipinski definition) is 3. The van der Waals surface area contributed by atoms with E-state index in [1.165, 1.54) is 12.3 Å². The second kappa shape index (κ2) is 4.14. The van der Waals surface area contributed by atoms with E-state index in [0.717, 1.165) is 5.69 Å². The number of aliphatic imine (C=N–C) groups is 1. The highest BCUT2D eigenvalue weighted by molar-refractivity contribution is 5.46. The van der Waals surface area contributed by atoms with Crippen LogP contribution in [0.5, 0.6) is 0 Å². The molecule has 0 atom stereocenters. The van der Waals surface area contributed by atoms with Crippen molar-refractivity contribution in [2.24, 2.45) is 4.99 Å². The third-order valence-electron chi connectivity index (χ3n) is 1.06. The number of carbonyl (C=O) groups excluding carboxylic acids is 1. The van der Waals surface area contributed by atoms with Gasteiger partial charge in [-0.3, -0.25) is 4.98 Å². The van der Waals surface area contributed by atoms with E-state index < -0.39 is 0 Å². The summed E-state index contributed by atoms with van der Waals surface area (Å²) in [6, 6.07) is 5.49. The Balaban J connectivity index is 2.72. The average Bonchev–Trinajstić information content (AvgIpc) is 2.07. The van der Waals surface area contributed by atoms with Gasteiger partial charge in [0.1, 0.15) is 0 Å². The molecular formula is C8H6N2O. The Bertz CT molecular complexity index is 286. The summed E-state index contributed by atoms with van der Waals surface area (Å²) in [5, 5.41) is 0. The molecule has 0 saturated heterocycles. The molecule has 0 bridgehead atoms. The quantitative estimate of drug-likeness (QED) is 0.467. The van der Waals surface area contributed by atoms with E-state index in [1.54, 1.807) is 12.3 Å². The van der Waals surface area contributed by atoms with Crippen molar-refractivity contribution >= 4 is 12.2 Å². The van der Waals surface area contributed by atoms with Crippen molar-refractivity contribution in [1.82, 2.24) is 4.98 Å². The lowest BCUT2D eigenvalue weighted by Crippen LogP contribution is -1.74. The highest BCUT2D eigenvalue weighted by atomic mass is 16.1. The van der Waals surface area contributed by atoms with Crippen LogP contribution < -0.4 is 0 Å². The van der Waals surface area contributed by atoms with Gasteiger partial charge in [0.2, 0.25) is 6.08 Å². The third-order valence-corrected chi connectivity index (χ3v) is 1.06. The van der Waals surface area contributed by atoms with Crippen LogP contribution in [0, 0.1) is 0 Å². The van der Waals surface area contributed by atoms with Crippen LogP contribution in [0.25, 0.3) is 6.08 Å². The summed E-state index contributed by atoms with van der Waals surface area (Å²) >= 11 is 0. The Kier molecular flexibility index (Phi) is 2.78. The zero-order chi connectivity index (χ0) is 7.94. The van der Waals surface area contributed by atoms with Crippen LogP contribution in [0.4, 0.5) is 0 Å². The second-order valence-corrected chi connectivity index (χ2v) is 1.79. The van der Waals surface area contributed by atoms with Gasteiger partial charge in [-0.05, 0) is 18.2 Å². The zero-order valence-electron chi connectivity index (χ0n) is 5.77. The molecule has 1 aromatic heterocycles. The third kappa shape index (κ3) is 2.56. The minimum atomic E-state index is 0.770. The SMILES string of the molecule is O=C=N/C=C\c1ccccn1. The fraction of sp³-hybridized carbons (Fsp3) is 0. The van der Waals surface area contributed by atoms with E-state index in [2.05, 4.69) is 9.98 Å². The van der Waals surface area contributed by atoms with Crippen LogP contribution in [0.3, 0.4) is 0 Å². The van der Waals surface area contributed by atoms with Crippen molar-refractivity contribution in [2.45, 2.75) is 0 Å². The number of nitrogens with zero attached hydrogens (tertiary/aromatic N) is 2. The summed E-state index contributed by atoms with van der Waals surface area (Å²) in [7, 11) is 0. The molecule has 1 rings (SSSR count). The van der Waals surface area contributed by atoms with Crippen molar-refractivity contribution in [2.75, 3.05) is 0 Å². The zero-order valence-corrected chi connectivity index (χ0v) is 5.77. The van der Waals surface area contributed by atoms with Crippen molar-refractivity contribution in [1.29, 1.82) is 0 Å². The maximum Gasteiger partial charge on any atom is 0.239 e. The van der Waals surface area contributed by atoms with E-state index >= 15 is 0 Å². The lowest BCUT2D eigenvalue weighted by atomic mass is 10.3. The molecular weight excluding hydrogens is 140 g/mol. The highest BCUT2D eigenvalue weighted by Crippen LogP contribution is 1.95. The molecule has 1 heterocycles. The van der Waals surface area contributed by atoms with Crippen LogP contribution in [-0.2, 0) is 4.79 Å². The van der Waals surface area contributed by atoms with Crippen molar-refractivity contribution in [3.05, 3.63) is 36.3 Å². The van der Waals surface area contributed by atoms with Gasteiger partial charge in [-0.1, -0.05) is 6.07 Å². The Morgan fingerprint density at radius 2 is 2.45 bits per heavy atom. The molecule has 0 fully saturated rings. The van der Waals surface area contributed by atoms with Gasteiger partial charge in [0.25, 0.3) is 0 Å². The summed E-state index contributed by atoms with van der Waals surface area (Å²) in [6.07, 6.45) is 6.06. The number of rotatable bonds is 2. The van der Waals surface area contributed by atoms with Gasteiger partial charge in [0.15, 0.2) is 0 Å². The van der Waals surface area contributed by atoms with Crippen LogP contribution >= 0.6 is 0 Å². The molecule has 0 aromatic carbocycles. The minimum Gasteiger partial charge on any atom is -0.257 e. The van der Waals surface area contributed by atoms with E-state index in [9.17, 15) is 4.79 Å². The number of pyridine rings is 1. The maximum atomic E-state index is 9.63. The molecule has 3 heteroatoms. The molecule has 0 spiro atoms. The van der Waals surface area contributed by atoms with Crippen molar-refractivity contribution in [3.63, 3.8) is 0 Å². The standard InChI is InChI=1S/C8H6N2O/c11-7-9-6-4-8-3-1-2-5-10-8/h1-6H/b6-4-. The Morgan fingerprint density at radius 1 is 1.55 bits per heavy atom. The Morgan fingerprint density at radius 3 is 3.09 bits per heavy atom. The van der Waals surface area contributed by atoms with E-state index in [4.69, 9.17) is 0 Å². The Hall–Kier alpha value is -1.73. The molecule has 0 aliphatic rings. The molecule has 0 aliphatic heterocycles. The summed E-state index contributed by atoms with van der Waals surface area (Å²) in [6.45, 7) is 0. The van der Waals surface area contributed by atoms with Gasteiger partial charge in [0.05, 0.1) is 5.69 Å². The number of isocyanates is 1. The first-order valence-electron chi connectivity index (χ1n) is 3.08. The summed E-state index contributed by atoms with van der Waals surface area (Å²) in [5.74, 6) is 0. The molecule has 3 nitrogen and oxygen atoms in total. The second-order valence-electron chi connectivity index (χ2n) is 1.79. The van der Waals surface area contributed by atoms with Gasteiger partial charge in [-0.15, -0.1) is 0 Å². The molecule has 1 aromatic rings. The van der Waals surface area contributed by atoms with Gasteiger partial charge in [0, 0.05) is 12.4 Å². The molecule has 0 aliphatic carbocycles. The fourth-order valence-electron chi connectivity index (χ4n) is 0.619. The van der Waals surface area contributed by atoms with Gasteiger partial charge < -0.3 is 0 Å². The van der Waals surface area contributed by atoms with Crippen LogP contribution in [0.1, 0.15) is 5.69 Å². The van der Waals surface area contributed by atoms with Crippen LogP contribution in [-0.4, -0.2) is 11.1 Å². The first-order valence-corrected chi connectivity index (χ1v) is 3.08. The first-order chi connectivity index (χ1) is 5.43. The van der Waals surface area contributed by atoms with Gasteiger partial charge in [-0.2, -0.15) is 4.99 Å². The molecule has 0 saturated carbocycles. The maximum absolute atomic E-state index is 9.63.